The summed E-state index contributed by atoms with van der Waals surface area (Å²) in [6.07, 6.45) is 0. The topological polar surface area (TPSA) is 12.0 Å². The number of hydrogen-bond acceptors (Lipinski definition) is 1. The summed E-state index contributed by atoms with van der Waals surface area (Å²) in [5, 5.41) is 3.58. The van der Waals surface area contributed by atoms with Crippen molar-refractivity contribution in [3.8, 4) is 0 Å². The first-order valence-corrected chi connectivity index (χ1v) is 7.06. The number of benzene rings is 2. The van der Waals surface area contributed by atoms with Crippen molar-refractivity contribution in [3.63, 3.8) is 0 Å². The Labute approximate surface area is 124 Å². The van der Waals surface area contributed by atoms with Crippen LogP contribution in [0.15, 0.2) is 30.3 Å². The minimum atomic E-state index is -0.328. The molecule has 0 aromatic heterocycles. The van der Waals surface area contributed by atoms with Gasteiger partial charge in [0.2, 0.25) is 0 Å². The van der Waals surface area contributed by atoms with Crippen molar-refractivity contribution in [1.29, 1.82) is 0 Å². The van der Waals surface area contributed by atoms with Crippen LogP contribution in [0.2, 0.25) is 5.02 Å². The van der Waals surface area contributed by atoms with Crippen molar-refractivity contribution >= 4 is 17.3 Å². The highest BCUT2D eigenvalue weighted by atomic mass is 35.5. The van der Waals surface area contributed by atoms with Crippen LogP contribution in [0.1, 0.15) is 35.2 Å². The Hall–Kier alpha value is -1.54. The van der Waals surface area contributed by atoms with Gasteiger partial charge in [-0.15, -0.1) is 0 Å². The van der Waals surface area contributed by atoms with E-state index in [1.165, 1.54) is 22.8 Å². The molecule has 1 atom stereocenters. The van der Waals surface area contributed by atoms with E-state index in [2.05, 4.69) is 38.2 Å². The van der Waals surface area contributed by atoms with Gasteiger partial charge >= 0.3 is 0 Å². The van der Waals surface area contributed by atoms with Gasteiger partial charge in [0.1, 0.15) is 5.82 Å². The number of nitrogens with one attached hydrogen (secondary N) is 1. The van der Waals surface area contributed by atoms with Crippen molar-refractivity contribution in [2.24, 2.45) is 0 Å². The number of anilines is 1. The minimum Gasteiger partial charge on any atom is -0.375 e. The van der Waals surface area contributed by atoms with Gasteiger partial charge < -0.3 is 5.32 Å². The van der Waals surface area contributed by atoms with Crippen molar-refractivity contribution in [1.82, 2.24) is 0 Å². The molecule has 0 bridgehead atoms. The Balaban J connectivity index is 2.33. The summed E-state index contributed by atoms with van der Waals surface area (Å²) in [5.74, 6) is -0.328. The van der Waals surface area contributed by atoms with E-state index in [-0.39, 0.29) is 11.9 Å². The lowest BCUT2D eigenvalue weighted by Gasteiger charge is -2.20. The van der Waals surface area contributed by atoms with Gasteiger partial charge in [0.05, 0.1) is 10.7 Å². The fraction of sp³-hybridized carbons (Fsp3) is 0.294. The third-order valence-corrected chi connectivity index (χ3v) is 3.99. The molecule has 2 aromatic carbocycles. The van der Waals surface area contributed by atoms with E-state index < -0.39 is 0 Å². The van der Waals surface area contributed by atoms with E-state index in [0.29, 0.717) is 10.7 Å². The standard InChI is InChI=1S/C17H19ClFN/c1-10-8-12(3)14(9-11(10)2)13(4)20-17-15(18)6-5-7-16(17)19/h5-9,13,20H,1-4H3. The van der Waals surface area contributed by atoms with Crippen molar-refractivity contribution in [2.45, 2.75) is 33.7 Å². The van der Waals surface area contributed by atoms with Crippen molar-refractivity contribution < 1.29 is 4.39 Å². The van der Waals surface area contributed by atoms with Gasteiger partial charge in [-0.05, 0) is 62.1 Å². The normalized spacial score (nSPS) is 12.3. The van der Waals surface area contributed by atoms with E-state index in [1.54, 1.807) is 12.1 Å². The summed E-state index contributed by atoms with van der Waals surface area (Å²) in [6.45, 7) is 8.27. The maximum atomic E-state index is 13.8. The fourth-order valence-corrected chi connectivity index (χ4v) is 2.60. The first-order valence-electron chi connectivity index (χ1n) is 6.68. The molecule has 0 aliphatic heterocycles. The fourth-order valence-electron chi connectivity index (χ4n) is 2.38. The summed E-state index contributed by atoms with van der Waals surface area (Å²) in [6, 6.07) is 9.00. The lowest BCUT2D eigenvalue weighted by molar-refractivity contribution is 0.627. The van der Waals surface area contributed by atoms with Crippen LogP contribution < -0.4 is 5.32 Å². The molecule has 0 aliphatic carbocycles. The van der Waals surface area contributed by atoms with Crippen LogP contribution in [-0.4, -0.2) is 0 Å². The molecular weight excluding hydrogens is 273 g/mol. The second kappa shape index (κ2) is 5.84. The smallest absolute Gasteiger partial charge is 0.147 e. The molecule has 0 fully saturated rings. The number of hydrogen-bond donors (Lipinski definition) is 1. The van der Waals surface area contributed by atoms with Gasteiger partial charge in [-0.2, -0.15) is 0 Å². The van der Waals surface area contributed by atoms with Crippen LogP contribution in [0.4, 0.5) is 10.1 Å². The highest BCUT2D eigenvalue weighted by molar-refractivity contribution is 6.33. The monoisotopic (exact) mass is 291 g/mol. The molecule has 0 aliphatic rings. The highest BCUT2D eigenvalue weighted by Gasteiger charge is 2.14. The Morgan fingerprint density at radius 1 is 1.05 bits per heavy atom. The Morgan fingerprint density at radius 3 is 2.35 bits per heavy atom. The molecule has 106 valence electrons. The molecule has 1 unspecified atom stereocenters. The van der Waals surface area contributed by atoms with Gasteiger partial charge in [0, 0.05) is 6.04 Å². The van der Waals surface area contributed by atoms with E-state index in [1.807, 2.05) is 6.92 Å². The molecule has 1 nitrogen and oxygen atoms in total. The third kappa shape index (κ3) is 2.96. The van der Waals surface area contributed by atoms with Crippen LogP contribution in [-0.2, 0) is 0 Å². The third-order valence-electron chi connectivity index (χ3n) is 3.67. The van der Waals surface area contributed by atoms with E-state index in [4.69, 9.17) is 11.6 Å². The van der Waals surface area contributed by atoms with Crippen LogP contribution in [0.25, 0.3) is 0 Å². The highest BCUT2D eigenvalue weighted by Crippen LogP contribution is 2.30. The second-order valence-corrected chi connectivity index (χ2v) is 5.66. The van der Waals surface area contributed by atoms with Crippen molar-refractivity contribution in [3.05, 3.63) is 63.4 Å². The summed E-state index contributed by atoms with van der Waals surface area (Å²) in [5.41, 5.74) is 5.22. The van der Waals surface area contributed by atoms with Gasteiger partial charge in [0.15, 0.2) is 0 Å². The number of para-hydroxylation sites is 1. The van der Waals surface area contributed by atoms with Gasteiger partial charge in [-0.3, -0.25) is 0 Å². The van der Waals surface area contributed by atoms with Crippen LogP contribution in [0.3, 0.4) is 0 Å². The molecule has 0 radical (unpaired) electrons. The van der Waals surface area contributed by atoms with E-state index >= 15 is 0 Å². The predicted octanol–water partition coefficient (Wildman–Crippen LogP) is 5.58. The molecule has 0 heterocycles. The first-order chi connectivity index (χ1) is 9.40. The zero-order valence-corrected chi connectivity index (χ0v) is 13.0. The molecular formula is C17H19ClFN. The van der Waals surface area contributed by atoms with Crippen LogP contribution in [0.5, 0.6) is 0 Å². The lowest BCUT2D eigenvalue weighted by Crippen LogP contribution is -2.10. The molecule has 0 spiro atoms. The minimum absolute atomic E-state index is 0.0105. The van der Waals surface area contributed by atoms with Crippen molar-refractivity contribution in [2.75, 3.05) is 5.32 Å². The molecule has 0 saturated heterocycles. The van der Waals surface area contributed by atoms with Crippen LogP contribution in [0, 0.1) is 26.6 Å². The zero-order chi connectivity index (χ0) is 14.9. The number of halogens is 2. The summed E-state index contributed by atoms with van der Waals surface area (Å²) >= 11 is 6.05. The zero-order valence-electron chi connectivity index (χ0n) is 12.2. The maximum absolute atomic E-state index is 13.8. The average molecular weight is 292 g/mol. The average Bonchev–Trinajstić information content (AvgIpc) is 2.38. The summed E-state index contributed by atoms with van der Waals surface area (Å²) in [4.78, 5) is 0. The Morgan fingerprint density at radius 2 is 1.70 bits per heavy atom. The molecule has 20 heavy (non-hydrogen) atoms. The molecule has 2 aromatic rings. The predicted molar refractivity (Wildman–Crippen MR) is 84.1 cm³/mol. The first kappa shape index (κ1) is 14.9. The quantitative estimate of drug-likeness (QED) is 0.778. The van der Waals surface area contributed by atoms with Gasteiger partial charge in [-0.1, -0.05) is 29.8 Å². The van der Waals surface area contributed by atoms with Gasteiger partial charge in [-0.25, -0.2) is 4.39 Å². The lowest BCUT2D eigenvalue weighted by atomic mass is 9.96. The number of aryl methyl sites for hydroxylation is 3. The molecule has 0 saturated carbocycles. The molecule has 0 amide bonds. The Bertz CT molecular complexity index is 617. The van der Waals surface area contributed by atoms with Crippen LogP contribution >= 0.6 is 11.6 Å². The van der Waals surface area contributed by atoms with E-state index in [0.717, 1.165) is 5.56 Å². The molecule has 2 rings (SSSR count). The van der Waals surface area contributed by atoms with E-state index in [9.17, 15) is 4.39 Å². The number of rotatable bonds is 3. The second-order valence-electron chi connectivity index (χ2n) is 5.26. The summed E-state index contributed by atoms with van der Waals surface area (Å²) in [7, 11) is 0. The largest absolute Gasteiger partial charge is 0.375 e. The molecule has 3 heteroatoms. The molecule has 1 N–H and O–H groups in total. The summed E-state index contributed by atoms with van der Waals surface area (Å²) < 4.78 is 13.8. The van der Waals surface area contributed by atoms with Gasteiger partial charge in [0.25, 0.3) is 0 Å². The maximum Gasteiger partial charge on any atom is 0.147 e. The SMILES string of the molecule is Cc1cc(C)c(C(C)Nc2c(F)cccc2Cl)cc1C. The Kier molecular flexibility index (Phi) is 4.34.